The van der Waals surface area contributed by atoms with E-state index >= 15 is 0 Å². The van der Waals surface area contributed by atoms with E-state index in [-0.39, 0.29) is 11.2 Å². The maximum Gasteiger partial charge on any atom is 0.347 e. The second-order valence-electron chi connectivity index (χ2n) is 5.72. The highest BCUT2D eigenvalue weighted by Crippen LogP contribution is 2.11. The fourth-order valence-electron chi connectivity index (χ4n) is 3.10. The van der Waals surface area contributed by atoms with Crippen LogP contribution < -0.4 is 21.6 Å². The van der Waals surface area contributed by atoms with E-state index in [1.54, 1.807) is 4.68 Å². The molecule has 1 saturated heterocycles. The van der Waals surface area contributed by atoms with Gasteiger partial charge in [-0.2, -0.15) is 0 Å². The lowest BCUT2D eigenvalue weighted by Gasteiger charge is -2.32. The normalized spacial score (nSPS) is 14.9. The second kappa shape index (κ2) is 6.83. The molecule has 0 radical (unpaired) electrons. The van der Waals surface area contributed by atoms with E-state index < -0.39 is 0 Å². The molecule has 3 rings (SSSR count). The highest BCUT2D eigenvalue weighted by atomic mass is 16.2. The molecular formula is C17H22N4O2. The molecule has 6 heteroatoms. The molecule has 1 aromatic heterocycles. The molecule has 0 aliphatic carbocycles. The minimum Gasteiger partial charge on any atom is -0.313 e. The standard InChI is InChI=1S/C17H22N4O2/c1-2-15-14(12-13-6-4-3-5-7-13)16(22)19-17(23)21(15)20-10-8-18-9-11-20/h3-7,18H,2,8-12H2,1H3,(H,19,22,23). The van der Waals surface area contributed by atoms with E-state index in [1.165, 1.54) is 0 Å². The van der Waals surface area contributed by atoms with Crippen LogP contribution in [0.25, 0.3) is 0 Å². The summed E-state index contributed by atoms with van der Waals surface area (Å²) >= 11 is 0. The van der Waals surface area contributed by atoms with Gasteiger partial charge in [-0.15, -0.1) is 0 Å². The van der Waals surface area contributed by atoms with E-state index in [4.69, 9.17) is 0 Å². The second-order valence-corrected chi connectivity index (χ2v) is 5.72. The predicted molar refractivity (Wildman–Crippen MR) is 90.8 cm³/mol. The Kier molecular flexibility index (Phi) is 4.62. The number of H-pyrrole nitrogens is 1. The number of hydrogen-bond acceptors (Lipinski definition) is 4. The van der Waals surface area contributed by atoms with Gasteiger partial charge in [0.1, 0.15) is 0 Å². The lowest BCUT2D eigenvalue weighted by Crippen LogP contribution is -2.55. The van der Waals surface area contributed by atoms with Gasteiger partial charge in [0.25, 0.3) is 5.56 Å². The third kappa shape index (κ3) is 3.22. The fourth-order valence-corrected chi connectivity index (χ4v) is 3.10. The van der Waals surface area contributed by atoms with E-state index in [0.717, 1.165) is 37.4 Å². The minimum atomic E-state index is -0.342. The molecule has 1 aliphatic rings. The Labute approximate surface area is 134 Å². The van der Waals surface area contributed by atoms with Crippen LogP contribution in [0.1, 0.15) is 23.7 Å². The van der Waals surface area contributed by atoms with Crippen LogP contribution in [-0.4, -0.2) is 35.8 Å². The molecule has 2 heterocycles. The maximum atomic E-state index is 12.4. The van der Waals surface area contributed by atoms with Crippen LogP contribution in [0.3, 0.4) is 0 Å². The number of nitrogens with one attached hydrogen (secondary N) is 2. The zero-order chi connectivity index (χ0) is 16.2. The third-order valence-corrected chi connectivity index (χ3v) is 4.23. The molecule has 1 fully saturated rings. The summed E-state index contributed by atoms with van der Waals surface area (Å²) in [5.74, 6) is 0. The summed E-state index contributed by atoms with van der Waals surface area (Å²) in [5, 5.41) is 5.29. The van der Waals surface area contributed by atoms with Crippen LogP contribution in [0.2, 0.25) is 0 Å². The van der Waals surface area contributed by atoms with Gasteiger partial charge in [0.05, 0.1) is 5.69 Å². The lowest BCUT2D eigenvalue weighted by molar-refractivity contribution is 0.462. The molecule has 1 aromatic carbocycles. The molecule has 0 atom stereocenters. The van der Waals surface area contributed by atoms with Crippen molar-refractivity contribution < 1.29 is 0 Å². The van der Waals surface area contributed by atoms with Crippen molar-refractivity contribution in [1.82, 2.24) is 15.0 Å². The molecule has 1 aliphatic heterocycles. The molecule has 0 unspecified atom stereocenters. The van der Waals surface area contributed by atoms with Gasteiger partial charge in [0, 0.05) is 38.2 Å². The summed E-state index contributed by atoms with van der Waals surface area (Å²) in [7, 11) is 0. The van der Waals surface area contributed by atoms with Crippen LogP contribution in [0.15, 0.2) is 39.9 Å². The van der Waals surface area contributed by atoms with E-state index in [0.29, 0.717) is 18.4 Å². The molecule has 2 aromatic rings. The third-order valence-electron chi connectivity index (χ3n) is 4.23. The number of benzene rings is 1. The first-order chi connectivity index (χ1) is 11.2. The summed E-state index contributed by atoms with van der Waals surface area (Å²) in [6.07, 6.45) is 1.18. The van der Waals surface area contributed by atoms with E-state index in [1.807, 2.05) is 42.3 Å². The Hall–Kier alpha value is -2.34. The zero-order valence-corrected chi connectivity index (χ0v) is 13.3. The zero-order valence-electron chi connectivity index (χ0n) is 13.3. The Morgan fingerprint density at radius 3 is 2.43 bits per heavy atom. The van der Waals surface area contributed by atoms with E-state index in [9.17, 15) is 9.59 Å². The fraction of sp³-hybridized carbons (Fsp3) is 0.412. The topological polar surface area (TPSA) is 70.1 Å². The van der Waals surface area contributed by atoms with Crippen LogP contribution in [-0.2, 0) is 12.8 Å². The van der Waals surface area contributed by atoms with Crippen molar-refractivity contribution in [3.63, 3.8) is 0 Å². The minimum absolute atomic E-state index is 0.276. The number of nitrogens with zero attached hydrogens (tertiary/aromatic N) is 2. The monoisotopic (exact) mass is 314 g/mol. The highest BCUT2D eigenvalue weighted by Gasteiger charge is 2.19. The Balaban J connectivity index is 2.08. The van der Waals surface area contributed by atoms with Gasteiger partial charge in [0.15, 0.2) is 0 Å². The van der Waals surface area contributed by atoms with Crippen molar-refractivity contribution >= 4 is 0 Å². The number of rotatable bonds is 4. The maximum absolute atomic E-state index is 12.4. The Bertz CT molecular complexity index is 773. The van der Waals surface area contributed by atoms with Crippen LogP contribution in [0.4, 0.5) is 0 Å². The molecular weight excluding hydrogens is 292 g/mol. The first-order valence-electron chi connectivity index (χ1n) is 8.07. The summed E-state index contributed by atoms with van der Waals surface area (Å²) in [5.41, 5.74) is 1.94. The van der Waals surface area contributed by atoms with Crippen molar-refractivity contribution in [2.75, 3.05) is 31.2 Å². The quantitative estimate of drug-likeness (QED) is 0.848. The van der Waals surface area contributed by atoms with E-state index in [2.05, 4.69) is 10.3 Å². The number of aromatic nitrogens is 2. The van der Waals surface area contributed by atoms with Gasteiger partial charge in [-0.3, -0.25) is 9.78 Å². The summed E-state index contributed by atoms with van der Waals surface area (Å²) < 4.78 is 1.67. The van der Waals surface area contributed by atoms with Gasteiger partial charge in [-0.1, -0.05) is 37.3 Å². The molecule has 0 amide bonds. The molecule has 23 heavy (non-hydrogen) atoms. The van der Waals surface area contributed by atoms with Crippen LogP contribution in [0.5, 0.6) is 0 Å². The molecule has 122 valence electrons. The summed E-state index contributed by atoms with van der Waals surface area (Å²) in [6.45, 7) is 5.17. The van der Waals surface area contributed by atoms with Crippen molar-refractivity contribution in [2.45, 2.75) is 19.8 Å². The van der Waals surface area contributed by atoms with Gasteiger partial charge in [0.2, 0.25) is 0 Å². The first-order valence-corrected chi connectivity index (χ1v) is 8.07. The average molecular weight is 314 g/mol. The van der Waals surface area contributed by atoms with Gasteiger partial charge < -0.3 is 10.3 Å². The van der Waals surface area contributed by atoms with Crippen molar-refractivity contribution in [2.24, 2.45) is 0 Å². The molecule has 6 nitrogen and oxygen atoms in total. The number of hydrogen-bond donors (Lipinski definition) is 2. The Morgan fingerprint density at radius 1 is 1.09 bits per heavy atom. The highest BCUT2D eigenvalue weighted by molar-refractivity contribution is 5.28. The number of piperazine rings is 1. The largest absolute Gasteiger partial charge is 0.347 e. The molecule has 0 spiro atoms. The lowest BCUT2D eigenvalue weighted by atomic mass is 10.0. The molecule has 0 saturated carbocycles. The Morgan fingerprint density at radius 2 is 1.78 bits per heavy atom. The average Bonchev–Trinajstić information content (AvgIpc) is 2.58. The van der Waals surface area contributed by atoms with Crippen molar-refractivity contribution in [3.05, 3.63) is 68.0 Å². The molecule has 2 N–H and O–H groups in total. The van der Waals surface area contributed by atoms with Gasteiger partial charge >= 0.3 is 5.69 Å². The summed E-state index contributed by atoms with van der Waals surface area (Å²) in [4.78, 5) is 27.2. The van der Waals surface area contributed by atoms with Crippen molar-refractivity contribution in [3.8, 4) is 0 Å². The SMILES string of the molecule is CCc1c(Cc2ccccc2)c(=O)[nH]c(=O)n1N1CCNCC1. The smallest absolute Gasteiger partial charge is 0.313 e. The summed E-state index contributed by atoms with van der Waals surface area (Å²) in [6, 6.07) is 9.87. The molecule has 0 bridgehead atoms. The predicted octanol–water partition coefficient (Wildman–Crippen LogP) is 0.231. The van der Waals surface area contributed by atoms with Crippen LogP contribution in [0, 0.1) is 0 Å². The van der Waals surface area contributed by atoms with Crippen molar-refractivity contribution in [1.29, 1.82) is 0 Å². The van der Waals surface area contributed by atoms with Gasteiger partial charge in [-0.25, -0.2) is 9.47 Å². The van der Waals surface area contributed by atoms with Crippen LogP contribution >= 0.6 is 0 Å². The first kappa shape index (κ1) is 15.6. The van der Waals surface area contributed by atoms with Gasteiger partial charge in [-0.05, 0) is 12.0 Å². The number of aromatic amines is 1.